The lowest BCUT2D eigenvalue weighted by Gasteiger charge is -2.08. The molecular formula is C15H10Cl3N3O. The summed E-state index contributed by atoms with van der Waals surface area (Å²) in [6.45, 7) is 0.380. The van der Waals surface area contributed by atoms with Crippen molar-refractivity contribution in [2.45, 2.75) is 6.54 Å². The largest absolute Gasteiger partial charge is 0.379 e. The summed E-state index contributed by atoms with van der Waals surface area (Å²) >= 11 is 17.8. The van der Waals surface area contributed by atoms with E-state index < -0.39 is 0 Å². The number of nitrogens with zero attached hydrogens (tertiary/aromatic N) is 2. The fourth-order valence-electron chi connectivity index (χ4n) is 2.07. The number of aromatic nitrogens is 2. The molecule has 4 nitrogen and oxygen atoms in total. The fourth-order valence-corrected chi connectivity index (χ4v) is 2.75. The Morgan fingerprint density at radius 3 is 2.45 bits per heavy atom. The van der Waals surface area contributed by atoms with E-state index in [4.69, 9.17) is 34.8 Å². The topological polar surface area (TPSA) is 46.4 Å². The second-order valence-electron chi connectivity index (χ2n) is 4.67. The fraction of sp³-hybridized carbons (Fsp3) is 0.0667. The number of hydrogen-bond donors (Lipinski definition) is 1. The quantitative estimate of drug-likeness (QED) is 0.764. The van der Waals surface area contributed by atoms with Crippen molar-refractivity contribution in [1.82, 2.24) is 9.38 Å². The van der Waals surface area contributed by atoms with Gasteiger partial charge in [0.1, 0.15) is 5.65 Å². The van der Waals surface area contributed by atoms with Crippen LogP contribution in [0.2, 0.25) is 15.1 Å². The van der Waals surface area contributed by atoms with Crippen LogP contribution in [-0.4, -0.2) is 9.38 Å². The van der Waals surface area contributed by atoms with Gasteiger partial charge in [0.2, 0.25) is 0 Å². The van der Waals surface area contributed by atoms with Crippen molar-refractivity contribution in [3.05, 3.63) is 73.7 Å². The van der Waals surface area contributed by atoms with Crippen molar-refractivity contribution < 1.29 is 0 Å². The van der Waals surface area contributed by atoms with Gasteiger partial charge in [0.05, 0.1) is 17.3 Å². The molecule has 0 aliphatic heterocycles. The zero-order valence-corrected chi connectivity index (χ0v) is 13.5. The zero-order valence-electron chi connectivity index (χ0n) is 11.2. The summed E-state index contributed by atoms with van der Waals surface area (Å²) in [4.78, 5) is 16.5. The number of rotatable bonds is 3. The number of benzene rings is 1. The minimum absolute atomic E-state index is 0.187. The first-order valence-corrected chi connectivity index (χ1v) is 7.52. The van der Waals surface area contributed by atoms with Gasteiger partial charge in [-0.15, -0.1) is 0 Å². The Kier molecular flexibility index (Phi) is 4.25. The average Bonchev–Trinajstić information content (AvgIpc) is 2.45. The molecule has 0 saturated carbocycles. The number of hydrogen-bond acceptors (Lipinski definition) is 3. The molecule has 0 atom stereocenters. The molecule has 7 heteroatoms. The first-order chi connectivity index (χ1) is 10.5. The van der Waals surface area contributed by atoms with E-state index in [-0.39, 0.29) is 5.56 Å². The van der Waals surface area contributed by atoms with Gasteiger partial charge < -0.3 is 5.32 Å². The zero-order chi connectivity index (χ0) is 15.7. The highest BCUT2D eigenvalue weighted by Crippen LogP contribution is 2.22. The van der Waals surface area contributed by atoms with Gasteiger partial charge in [0.15, 0.2) is 0 Å². The van der Waals surface area contributed by atoms with Crippen molar-refractivity contribution in [2.75, 3.05) is 5.32 Å². The van der Waals surface area contributed by atoms with Crippen molar-refractivity contribution in [2.24, 2.45) is 0 Å². The Morgan fingerprint density at radius 1 is 1.00 bits per heavy atom. The Labute approximate surface area is 141 Å². The van der Waals surface area contributed by atoms with Crippen LogP contribution in [0.5, 0.6) is 0 Å². The summed E-state index contributed by atoms with van der Waals surface area (Å²) in [6, 6.07) is 10.0. The van der Waals surface area contributed by atoms with E-state index >= 15 is 0 Å². The molecular weight excluding hydrogens is 345 g/mol. The summed E-state index contributed by atoms with van der Waals surface area (Å²) in [5, 5.41) is 4.70. The molecule has 0 aliphatic carbocycles. The smallest absolute Gasteiger partial charge is 0.258 e. The molecule has 2 heterocycles. The first kappa shape index (κ1) is 15.2. The van der Waals surface area contributed by atoms with Crippen LogP contribution < -0.4 is 10.9 Å². The van der Waals surface area contributed by atoms with E-state index in [9.17, 15) is 4.79 Å². The lowest BCUT2D eigenvalue weighted by molar-refractivity contribution is 0.971. The van der Waals surface area contributed by atoms with Gasteiger partial charge in [-0.25, -0.2) is 4.98 Å². The second-order valence-corrected chi connectivity index (χ2v) is 5.98. The third-order valence-electron chi connectivity index (χ3n) is 3.01. The summed E-state index contributed by atoms with van der Waals surface area (Å²) in [7, 11) is 0. The molecule has 1 N–H and O–H groups in total. The van der Waals surface area contributed by atoms with Gasteiger partial charge in [-0.3, -0.25) is 9.20 Å². The molecule has 0 saturated heterocycles. The van der Waals surface area contributed by atoms with Gasteiger partial charge >= 0.3 is 0 Å². The minimum Gasteiger partial charge on any atom is -0.379 e. The lowest BCUT2D eigenvalue weighted by atomic mass is 10.3. The van der Waals surface area contributed by atoms with E-state index in [1.165, 1.54) is 10.5 Å². The molecule has 3 aromatic rings. The van der Waals surface area contributed by atoms with E-state index in [1.54, 1.807) is 36.5 Å². The Morgan fingerprint density at radius 2 is 1.73 bits per heavy atom. The van der Waals surface area contributed by atoms with Crippen LogP contribution in [0.3, 0.4) is 0 Å². The van der Waals surface area contributed by atoms with Crippen LogP contribution in [0.25, 0.3) is 5.65 Å². The molecule has 22 heavy (non-hydrogen) atoms. The maximum atomic E-state index is 12.1. The van der Waals surface area contributed by atoms with Gasteiger partial charge in [-0.05, 0) is 30.3 Å². The third-order valence-corrected chi connectivity index (χ3v) is 3.67. The molecule has 0 fully saturated rings. The summed E-state index contributed by atoms with van der Waals surface area (Å²) in [5.41, 5.74) is 1.73. The van der Waals surface area contributed by atoms with Crippen LogP contribution in [0.15, 0.2) is 47.4 Å². The molecule has 0 aliphatic rings. The summed E-state index contributed by atoms with van der Waals surface area (Å²) in [6.07, 6.45) is 1.54. The van der Waals surface area contributed by atoms with Crippen molar-refractivity contribution in [3.63, 3.8) is 0 Å². The SMILES string of the molecule is O=c1cc(CNc2cc(Cl)cc(Cl)c2)nc2ccc(Cl)cn12. The van der Waals surface area contributed by atoms with Crippen LogP contribution in [0.4, 0.5) is 5.69 Å². The molecule has 0 radical (unpaired) electrons. The van der Waals surface area contributed by atoms with Gasteiger partial charge in [-0.2, -0.15) is 0 Å². The standard InChI is InChI=1S/C15H10Cl3N3O/c16-9-1-2-14-20-13(6-15(22)21(14)8-9)7-19-12-4-10(17)3-11(18)5-12/h1-6,8,19H,7H2. The van der Waals surface area contributed by atoms with E-state index in [2.05, 4.69) is 10.3 Å². The first-order valence-electron chi connectivity index (χ1n) is 6.39. The highest BCUT2D eigenvalue weighted by Gasteiger charge is 2.04. The lowest BCUT2D eigenvalue weighted by Crippen LogP contribution is -2.16. The van der Waals surface area contributed by atoms with Crippen LogP contribution >= 0.6 is 34.8 Å². The maximum Gasteiger partial charge on any atom is 0.258 e. The van der Waals surface area contributed by atoms with Crippen molar-refractivity contribution in [3.8, 4) is 0 Å². The number of anilines is 1. The Hall–Kier alpha value is -1.75. The third kappa shape index (κ3) is 3.35. The number of halogens is 3. The van der Waals surface area contributed by atoms with Crippen LogP contribution in [0.1, 0.15) is 5.69 Å². The van der Waals surface area contributed by atoms with E-state index in [1.807, 2.05) is 0 Å². The minimum atomic E-state index is -0.187. The monoisotopic (exact) mass is 353 g/mol. The average molecular weight is 355 g/mol. The normalized spacial score (nSPS) is 10.9. The molecule has 0 bridgehead atoms. The van der Waals surface area contributed by atoms with E-state index in [0.29, 0.717) is 33.0 Å². The highest BCUT2D eigenvalue weighted by molar-refractivity contribution is 6.35. The number of nitrogens with one attached hydrogen (secondary N) is 1. The molecule has 0 unspecified atom stereocenters. The predicted molar refractivity (Wildman–Crippen MR) is 90.3 cm³/mol. The van der Waals surface area contributed by atoms with Gasteiger partial charge in [-0.1, -0.05) is 34.8 Å². The number of fused-ring (bicyclic) bond motifs is 1. The van der Waals surface area contributed by atoms with Crippen molar-refractivity contribution >= 4 is 46.1 Å². The Balaban J connectivity index is 1.88. The highest BCUT2D eigenvalue weighted by atomic mass is 35.5. The molecule has 112 valence electrons. The molecule has 0 amide bonds. The summed E-state index contributed by atoms with van der Waals surface area (Å²) < 4.78 is 1.40. The van der Waals surface area contributed by atoms with Crippen molar-refractivity contribution in [1.29, 1.82) is 0 Å². The molecule has 2 aromatic heterocycles. The number of pyridine rings is 1. The summed E-state index contributed by atoms with van der Waals surface area (Å²) in [5.74, 6) is 0. The predicted octanol–water partition coefficient (Wildman–Crippen LogP) is 4.27. The Bertz CT molecular complexity index is 888. The molecule has 3 rings (SSSR count). The van der Waals surface area contributed by atoms with Gasteiger partial charge in [0.25, 0.3) is 5.56 Å². The molecule has 1 aromatic carbocycles. The maximum absolute atomic E-state index is 12.1. The van der Waals surface area contributed by atoms with Gasteiger partial charge in [0, 0.05) is 28.0 Å². The molecule has 0 spiro atoms. The second kappa shape index (κ2) is 6.16. The van der Waals surface area contributed by atoms with E-state index in [0.717, 1.165) is 5.69 Å². The van der Waals surface area contributed by atoms with Crippen LogP contribution in [-0.2, 0) is 6.54 Å². The van der Waals surface area contributed by atoms with Crippen LogP contribution in [0, 0.1) is 0 Å².